The number of benzene rings is 2. The van der Waals surface area contributed by atoms with Crippen LogP contribution in [0.5, 0.6) is 5.75 Å². The van der Waals surface area contributed by atoms with Gasteiger partial charge in [0.05, 0.1) is 23.6 Å². The molecule has 1 saturated heterocycles. The van der Waals surface area contributed by atoms with Gasteiger partial charge in [0.15, 0.2) is 0 Å². The van der Waals surface area contributed by atoms with E-state index >= 15 is 0 Å². The van der Waals surface area contributed by atoms with Gasteiger partial charge in [0.2, 0.25) is 5.91 Å². The standard InChI is InChI=1S/C21H21N3O4/c25-20(12-19-17-8-1-2-9-18(17)21(26)24-23-19)22-14-5-3-6-15(11-14)28-13-16-7-4-10-27-16/h1-3,5-6,8-9,11,16H,4,7,10,12-13H2,(H,22,25)(H,24,26). The van der Waals surface area contributed by atoms with Crippen LogP contribution in [0.25, 0.3) is 10.8 Å². The molecule has 0 aliphatic carbocycles. The van der Waals surface area contributed by atoms with Crippen molar-refractivity contribution in [3.05, 3.63) is 64.6 Å². The lowest BCUT2D eigenvalue weighted by atomic mass is 10.1. The molecule has 28 heavy (non-hydrogen) atoms. The maximum Gasteiger partial charge on any atom is 0.272 e. The maximum absolute atomic E-state index is 12.5. The van der Waals surface area contributed by atoms with E-state index in [1.54, 1.807) is 30.3 Å². The van der Waals surface area contributed by atoms with Crippen LogP contribution in [0.1, 0.15) is 18.5 Å². The second-order valence-electron chi connectivity index (χ2n) is 6.74. The molecular weight excluding hydrogens is 358 g/mol. The molecule has 1 aliphatic rings. The third kappa shape index (κ3) is 4.20. The largest absolute Gasteiger partial charge is 0.491 e. The number of aromatic amines is 1. The fourth-order valence-corrected chi connectivity index (χ4v) is 3.29. The number of carbonyl (C=O) groups is 1. The average Bonchev–Trinajstić information content (AvgIpc) is 3.23. The Hall–Kier alpha value is -3.19. The smallest absolute Gasteiger partial charge is 0.272 e. The highest BCUT2D eigenvalue weighted by atomic mass is 16.5. The summed E-state index contributed by atoms with van der Waals surface area (Å²) >= 11 is 0. The van der Waals surface area contributed by atoms with E-state index in [9.17, 15) is 9.59 Å². The third-order valence-electron chi connectivity index (χ3n) is 4.68. The van der Waals surface area contributed by atoms with E-state index in [1.807, 2.05) is 18.2 Å². The fraction of sp³-hybridized carbons (Fsp3) is 0.286. The lowest BCUT2D eigenvalue weighted by molar-refractivity contribution is -0.115. The Morgan fingerprint density at radius 3 is 2.89 bits per heavy atom. The summed E-state index contributed by atoms with van der Waals surface area (Å²) in [5.41, 5.74) is 0.901. The fourth-order valence-electron chi connectivity index (χ4n) is 3.29. The van der Waals surface area contributed by atoms with E-state index < -0.39 is 0 Å². The summed E-state index contributed by atoms with van der Waals surface area (Å²) < 4.78 is 11.3. The third-order valence-corrected chi connectivity index (χ3v) is 4.68. The number of hydrogen-bond acceptors (Lipinski definition) is 5. The number of carbonyl (C=O) groups excluding carboxylic acids is 1. The topological polar surface area (TPSA) is 93.3 Å². The molecule has 2 aromatic carbocycles. The number of aromatic nitrogens is 2. The Bertz CT molecular complexity index is 1040. The molecule has 0 spiro atoms. The quantitative estimate of drug-likeness (QED) is 0.687. The molecule has 1 amide bonds. The Balaban J connectivity index is 1.42. The first kappa shape index (κ1) is 18.2. The highest BCUT2D eigenvalue weighted by molar-refractivity contribution is 5.95. The van der Waals surface area contributed by atoms with Gasteiger partial charge in [-0.15, -0.1) is 0 Å². The van der Waals surface area contributed by atoms with E-state index in [0.717, 1.165) is 19.4 Å². The van der Waals surface area contributed by atoms with Gasteiger partial charge in [-0.3, -0.25) is 9.59 Å². The molecule has 2 heterocycles. The highest BCUT2D eigenvalue weighted by Gasteiger charge is 2.16. The van der Waals surface area contributed by atoms with E-state index in [0.29, 0.717) is 34.5 Å². The first-order valence-electron chi connectivity index (χ1n) is 9.29. The predicted octanol–water partition coefficient (Wildman–Crippen LogP) is 2.66. The van der Waals surface area contributed by atoms with Crippen molar-refractivity contribution in [1.82, 2.24) is 10.2 Å². The van der Waals surface area contributed by atoms with E-state index in [-0.39, 0.29) is 24.0 Å². The highest BCUT2D eigenvalue weighted by Crippen LogP contribution is 2.20. The van der Waals surface area contributed by atoms with Crippen LogP contribution < -0.4 is 15.6 Å². The summed E-state index contributed by atoms with van der Waals surface area (Å²) in [7, 11) is 0. The summed E-state index contributed by atoms with van der Waals surface area (Å²) in [5, 5.41) is 10.5. The van der Waals surface area contributed by atoms with Gasteiger partial charge in [0.25, 0.3) is 5.56 Å². The van der Waals surface area contributed by atoms with Gasteiger partial charge in [-0.05, 0) is 31.0 Å². The molecule has 1 aromatic heterocycles. The minimum atomic E-state index is -0.268. The SMILES string of the molecule is O=C(Cc1n[nH]c(=O)c2ccccc12)Nc1cccc(OCC2CCCO2)c1. The van der Waals surface area contributed by atoms with E-state index in [4.69, 9.17) is 9.47 Å². The summed E-state index contributed by atoms with van der Waals surface area (Å²) in [6.45, 7) is 1.29. The normalized spacial score (nSPS) is 16.2. The monoisotopic (exact) mass is 379 g/mol. The molecule has 1 fully saturated rings. The van der Waals surface area contributed by atoms with Crippen LogP contribution in [-0.2, 0) is 16.0 Å². The Kier molecular flexibility index (Phi) is 5.34. The molecule has 0 bridgehead atoms. The van der Waals surface area contributed by atoms with Crippen LogP contribution in [0, 0.1) is 0 Å². The van der Waals surface area contributed by atoms with Crippen LogP contribution in [-0.4, -0.2) is 35.4 Å². The van der Waals surface area contributed by atoms with Gasteiger partial charge in [-0.2, -0.15) is 5.10 Å². The lowest BCUT2D eigenvalue weighted by Crippen LogP contribution is -2.18. The summed E-state index contributed by atoms with van der Waals surface area (Å²) in [4.78, 5) is 24.3. The van der Waals surface area contributed by atoms with Gasteiger partial charge >= 0.3 is 0 Å². The van der Waals surface area contributed by atoms with Crippen molar-refractivity contribution in [2.24, 2.45) is 0 Å². The number of H-pyrrole nitrogens is 1. The minimum absolute atomic E-state index is 0.0539. The average molecular weight is 379 g/mol. The van der Waals surface area contributed by atoms with Crippen LogP contribution in [0.15, 0.2) is 53.3 Å². The molecule has 144 valence electrons. The zero-order chi connectivity index (χ0) is 19.3. The van der Waals surface area contributed by atoms with Gasteiger partial charge in [-0.25, -0.2) is 5.10 Å². The van der Waals surface area contributed by atoms with Gasteiger partial charge in [-0.1, -0.05) is 24.3 Å². The summed E-state index contributed by atoms with van der Waals surface area (Å²) in [6, 6.07) is 14.4. The Labute approximate surface area is 161 Å². The number of rotatable bonds is 6. The molecular formula is C21H21N3O4. The number of anilines is 1. The molecule has 1 aliphatic heterocycles. The summed E-state index contributed by atoms with van der Waals surface area (Å²) in [5.74, 6) is 0.460. The molecule has 1 unspecified atom stereocenters. The van der Waals surface area contributed by atoms with Gasteiger partial charge < -0.3 is 14.8 Å². The predicted molar refractivity (Wildman–Crippen MR) is 106 cm³/mol. The van der Waals surface area contributed by atoms with Crippen LogP contribution >= 0.6 is 0 Å². The number of nitrogens with one attached hydrogen (secondary N) is 2. The minimum Gasteiger partial charge on any atom is -0.491 e. The van der Waals surface area contributed by atoms with Crippen molar-refractivity contribution in [2.45, 2.75) is 25.4 Å². The lowest BCUT2D eigenvalue weighted by Gasteiger charge is -2.12. The van der Waals surface area contributed by atoms with Crippen molar-refractivity contribution < 1.29 is 14.3 Å². The van der Waals surface area contributed by atoms with Crippen LogP contribution in [0.2, 0.25) is 0 Å². The van der Waals surface area contributed by atoms with Crippen LogP contribution in [0.4, 0.5) is 5.69 Å². The van der Waals surface area contributed by atoms with Crippen molar-refractivity contribution in [1.29, 1.82) is 0 Å². The molecule has 4 rings (SSSR count). The van der Waals surface area contributed by atoms with Crippen molar-refractivity contribution in [2.75, 3.05) is 18.5 Å². The number of nitrogens with zero attached hydrogens (tertiary/aromatic N) is 1. The molecule has 7 nitrogen and oxygen atoms in total. The first-order chi connectivity index (χ1) is 13.7. The van der Waals surface area contributed by atoms with Crippen LogP contribution in [0.3, 0.4) is 0 Å². The maximum atomic E-state index is 12.5. The number of fused-ring (bicyclic) bond motifs is 1. The summed E-state index contributed by atoms with van der Waals surface area (Å²) in [6.07, 6.45) is 2.27. The number of hydrogen-bond donors (Lipinski definition) is 2. The van der Waals surface area contributed by atoms with Crippen molar-refractivity contribution >= 4 is 22.4 Å². The molecule has 2 N–H and O–H groups in total. The van der Waals surface area contributed by atoms with E-state index in [2.05, 4.69) is 15.5 Å². The molecule has 0 radical (unpaired) electrons. The van der Waals surface area contributed by atoms with Crippen molar-refractivity contribution in [3.63, 3.8) is 0 Å². The first-order valence-corrected chi connectivity index (χ1v) is 9.29. The second kappa shape index (κ2) is 8.22. The Morgan fingerprint density at radius 2 is 2.07 bits per heavy atom. The van der Waals surface area contributed by atoms with Gasteiger partial charge in [0, 0.05) is 23.7 Å². The number of amides is 1. The molecule has 0 saturated carbocycles. The van der Waals surface area contributed by atoms with E-state index in [1.165, 1.54) is 0 Å². The Morgan fingerprint density at radius 1 is 1.21 bits per heavy atom. The molecule has 7 heteroatoms. The zero-order valence-corrected chi connectivity index (χ0v) is 15.3. The molecule has 1 atom stereocenters. The van der Waals surface area contributed by atoms with Crippen molar-refractivity contribution in [3.8, 4) is 5.75 Å². The zero-order valence-electron chi connectivity index (χ0n) is 15.3. The number of ether oxygens (including phenoxy) is 2. The second-order valence-corrected chi connectivity index (χ2v) is 6.74. The molecule has 3 aromatic rings. The van der Waals surface area contributed by atoms with Gasteiger partial charge in [0.1, 0.15) is 12.4 Å².